The summed E-state index contributed by atoms with van der Waals surface area (Å²) in [7, 11) is 0. The van der Waals surface area contributed by atoms with Gasteiger partial charge >= 0.3 is 6.36 Å². The molecule has 0 radical (unpaired) electrons. The second-order valence-corrected chi connectivity index (χ2v) is 5.86. The van der Waals surface area contributed by atoms with Crippen LogP contribution in [-0.4, -0.2) is 32.0 Å². The average molecular weight is 403 g/mol. The van der Waals surface area contributed by atoms with Gasteiger partial charge in [0.15, 0.2) is 11.5 Å². The third-order valence-corrected chi connectivity index (χ3v) is 3.76. The summed E-state index contributed by atoms with van der Waals surface area (Å²) >= 11 is 6.14. The number of fused-ring (bicyclic) bond motifs is 1. The van der Waals surface area contributed by atoms with Crippen LogP contribution in [0.5, 0.6) is 17.2 Å². The maximum absolute atomic E-state index is 12.1. The van der Waals surface area contributed by atoms with Gasteiger partial charge in [0, 0.05) is 17.8 Å². The first-order valence-electron chi connectivity index (χ1n) is 7.79. The monoisotopic (exact) mass is 402 g/mol. The molecule has 6 nitrogen and oxygen atoms in total. The van der Waals surface area contributed by atoms with Crippen molar-refractivity contribution in [1.29, 1.82) is 0 Å². The second kappa shape index (κ2) is 7.83. The van der Waals surface area contributed by atoms with E-state index in [1.54, 1.807) is 12.1 Å². The van der Waals surface area contributed by atoms with E-state index in [9.17, 15) is 18.0 Å². The van der Waals surface area contributed by atoms with Crippen molar-refractivity contribution in [2.45, 2.75) is 6.36 Å². The molecule has 0 saturated heterocycles. The molecule has 2 aromatic rings. The molecule has 144 valence electrons. The molecule has 1 amide bonds. The van der Waals surface area contributed by atoms with Crippen LogP contribution in [0.1, 0.15) is 0 Å². The molecule has 10 heteroatoms. The van der Waals surface area contributed by atoms with Crippen LogP contribution >= 0.6 is 11.6 Å². The number of carbonyl (C=O) groups excluding carboxylic acids is 1. The summed E-state index contributed by atoms with van der Waals surface area (Å²) in [6, 6.07) is 8.04. The van der Waals surface area contributed by atoms with Crippen LogP contribution < -0.4 is 24.8 Å². The number of anilines is 2. The first-order chi connectivity index (χ1) is 12.8. The Morgan fingerprint density at radius 1 is 1.11 bits per heavy atom. The fourth-order valence-electron chi connectivity index (χ4n) is 2.32. The Balaban J connectivity index is 1.55. The van der Waals surface area contributed by atoms with Gasteiger partial charge in [-0.25, -0.2) is 0 Å². The quantitative estimate of drug-likeness (QED) is 0.789. The van der Waals surface area contributed by atoms with Crippen molar-refractivity contribution in [3.05, 3.63) is 41.4 Å². The zero-order valence-corrected chi connectivity index (χ0v) is 14.5. The van der Waals surface area contributed by atoms with Crippen molar-refractivity contribution in [1.82, 2.24) is 0 Å². The molecule has 0 aliphatic carbocycles. The Bertz CT molecular complexity index is 828. The third kappa shape index (κ3) is 5.33. The molecule has 0 spiro atoms. The molecule has 0 saturated carbocycles. The molecule has 1 aliphatic rings. The summed E-state index contributed by atoms with van der Waals surface area (Å²) in [6.07, 6.45) is -4.77. The number of hydrogen-bond donors (Lipinski definition) is 2. The van der Waals surface area contributed by atoms with E-state index >= 15 is 0 Å². The van der Waals surface area contributed by atoms with Crippen molar-refractivity contribution < 1.29 is 32.2 Å². The molecular weight excluding hydrogens is 389 g/mol. The smallest absolute Gasteiger partial charge is 0.486 e. The molecule has 0 atom stereocenters. The lowest BCUT2D eigenvalue weighted by Gasteiger charge is -2.20. The summed E-state index contributed by atoms with van der Waals surface area (Å²) in [5.41, 5.74) is 0.814. The van der Waals surface area contributed by atoms with E-state index in [4.69, 9.17) is 21.1 Å². The van der Waals surface area contributed by atoms with Crippen LogP contribution in [0.15, 0.2) is 36.4 Å². The van der Waals surface area contributed by atoms with Gasteiger partial charge in [-0.2, -0.15) is 0 Å². The summed E-state index contributed by atoms with van der Waals surface area (Å²) < 4.78 is 51.0. The van der Waals surface area contributed by atoms with E-state index in [-0.39, 0.29) is 12.3 Å². The van der Waals surface area contributed by atoms with Gasteiger partial charge < -0.3 is 24.8 Å². The molecule has 0 fully saturated rings. The van der Waals surface area contributed by atoms with Crippen molar-refractivity contribution in [3.63, 3.8) is 0 Å². The van der Waals surface area contributed by atoms with Gasteiger partial charge in [0.1, 0.15) is 19.0 Å². The average Bonchev–Trinajstić information content (AvgIpc) is 2.60. The van der Waals surface area contributed by atoms with Crippen molar-refractivity contribution in [2.24, 2.45) is 0 Å². The zero-order valence-electron chi connectivity index (χ0n) is 13.7. The maximum Gasteiger partial charge on any atom is 0.573 e. The van der Waals surface area contributed by atoms with E-state index in [0.29, 0.717) is 41.1 Å². The van der Waals surface area contributed by atoms with Crippen LogP contribution in [-0.2, 0) is 4.79 Å². The van der Waals surface area contributed by atoms with Crippen LogP contribution in [0, 0.1) is 0 Å². The highest BCUT2D eigenvalue weighted by Crippen LogP contribution is 2.37. The summed E-state index contributed by atoms with van der Waals surface area (Å²) in [6.45, 7) is 0.744. The number of carbonyl (C=O) groups is 1. The summed E-state index contributed by atoms with van der Waals surface area (Å²) in [5.74, 6) is 0.267. The van der Waals surface area contributed by atoms with Gasteiger partial charge in [0.25, 0.3) is 0 Å². The predicted octanol–water partition coefficient (Wildman–Crippen LogP) is 4.06. The molecule has 0 unspecified atom stereocenters. The lowest BCUT2D eigenvalue weighted by Crippen LogP contribution is -2.22. The number of hydrogen-bond acceptors (Lipinski definition) is 5. The van der Waals surface area contributed by atoms with Gasteiger partial charge in [-0.05, 0) is 24.3 Å². The molecule has 1 aliphatic heterocycles. The molecule has 27 heavy (non-hydrogen) atoms. The Kier molecular flexibility index (Phi) is 5.50. The topological polar surface area (TPSA) is 68.8 Å². The normalized spacial score (nSPS) is 13.0. The number of alkyl halides is 3. The first kappa shape index (κ1) is 19.0. The van der Waals surface area contributed by atoms with Crippen molar-refractivity contribution >= 4 is 28.9 Å². The van der Waals surface area contributed by atoms with Gasteiger partial charge in [0.2, 0.25) is 5.91 Å². The zero-order chi connectivity index (χ0) is 19.4. The lowest BCUT2D eigenvalue weighted by atomic mass is 10.2. The number of ether oxygens (including phenoxy) is 3. The van der Waals surface area contributed by atoms with Crippen LogP contribution in [0.2, 0.25) is 5.02 Å². The number of rotatable bonds is 5. The number of halogens is 4. The number of amides is 1. The molecule has 3 rings (SSSR count). The van der Waals surface area contributed by atoms with Crippen molar-refractivity contribution in [3.8, 4) is 17.2 Å². The highest BCUT2D eigenvalue weighted by molar-refractivity contribution is 6.33. The fourth-order valence-corrected chi connectivity index (χ4v) is 2.54. The predicted molar refractivity (Wildman–Crippen MR) is 92.7 cm³/mol. The molecule has 0 bridgehead atoms. The van der Waals surface area contributed by atoms with E-state index in [0.717, 1.165) is 12.1 Å². The third-order valence-electron chi connectivity index (χ3n) is 3.44. The van der Waals surface area contributed by atoms with Crippen LogP contribution in [0.3, 0.4) is 0 Å². The van der Waals surface area contributed by atoms with Crippen LogP contribution in [0.4, 0.5) is 24.5 Å². The molecule has 2 aromatic carbocycles. The highest BCUT2D eigenvalue weighted by Gasteiger charge is 2.30. The van der Waals surface area contributed by atoms with Gasteiger partial charge in [-0.1, -0.05) is 11.6 Å². The van der Waals surface area contributed by atoms with E-state index in [2.05, 4.69) is 15.4 Å². The minimum Gasteiger partial charge on any atom is -0.486 e. The Labute approximate surface area is 157 Å². The lowest BCUT2D eigenvalue weighted by molar-refractivity contribution is -0.274. The van der Waals surface area contributed by atoms with Crippen molar-refractivity contribution in [2.75, 3.05) is 30.4 Å². The molecule has 0 aromatic heterocycles. The van der Waals surface area contributed by atoms with Gasteiger partial charge in [0.05, 0.1) is 17.3 Å². The van der Waals surface area contributed by atoms with E-state index in [1.165, 1.54) is 12.1 Å². The molecule has 2 N–H and O–H groups in total. The maximum atomic E-state index is 12.1. The molecular formula is C17H14ClF3N2O4. The van der Waals surface area contributed by atoms with Gasteiger partial charge in [-0.3, -0.25) is 4.79 Å². The minimum atomic E-state index is -4.77. The van der Waals surface area contributed by atoms with Gasteiger partial charge in [-0.15, -0.1) is 13.2 Å². The summed E-state index contributed by atoms with van der Waals surface area (Å²) in [5, 5.41) is 5.78. The molecule has 1 heterocycles. The Morgan fingerprint density at radius 2 is 1.74 bits per heavy atom. The van der Waals surface area contributed by atoms with Crippen LogP contribution in [0.25, 0.3) is 0 Å². The Morgan fingerprint density at radius 3 is 2.37 bits per heavy atom. The highest BCUT2D eigenvalue weighted by atomic mass is 35.5. The van der Waals surface area contributed by atoms with E-state index < -0.39 is 12.3 Å². The first-order valence-corrected chi connectivity index (χ1v) is 8.17. The Hall–Kier alpha value is -2.81. The SMILES string of the molecule is O=C(CNc1cc2c(cc1Cl)OCCO2)Nc1ccc(OC(F)(F)F)cc1. The fraction of sp³-hybridized carbons (Fsp3) is 0.235. The number of benzene rings is 2. The van der Waals surface area contributed by atoms with E-state index in [1.807, 2.05) is 0 Å². The second-order valence-electron chi connectivity index (χ2n) is 5.45. The minimum absolute atomic E-state index is 0.111. The largest absolute Gasteiger partial charge is 0.573 e. The number of nitrogens with one attached hydrogen (secondary N) is 2. The standard InChI is InChI=1S/C17H14ClF3N2O4/c18-12-7-14-15(26-6-5-25-14)8-13(12)22-9-16(24)23-10-1-3-11(4-2-10)27-17(19,20)21/h1-4,7-8,22H,5-6,9H2,(H,23,24). The summed E-state index contributed by atoms with van der Waals surface area (Å²) in [4.78, 5) is 12.0.